The molecular formula is C13H20N4O3S. The van der Waals surface area contributed by atoms with Gasteiger partial charge in [0.05, 0.1) is 17.7 Å². The maximum Gasteiger partial charge on any atom is 0.320 e. The minimum atomic E-state index is -0.824. The first-order valence-corrected chi connectivity index (χ1v) is 7.77. The fraction of sp³-hybridized carbons (Fsp3) is 0.615. The standard InChI is InChI=1S/C13H20N4O3S/c1-10(12(18)19)16-3-5-17(6-4-16)13(20)15(2)7-11-8-21-9-14-11/h8-10H,3-7H2,1-2H3,(H,18,19). The second-order valence-corrected chi connectivity index (χ2v) is 5.87. The number of carbonyl (C=O) groups is 2. The number of nitrogens with zero attached hydrogens (tertiary/aromatic N) is 4. The van der Waals surface area contributed by atoms with Gasteiger partial charge in [-0.3, -0.25) is 9.69 Å². The summed E-state index contributed by atoms with van der Waals surface area (Å²) in [5.74, 6) is -0.824. The van der Waals surface area contributed by atoms with E-state index in [2.05, 4.69) is 4.98 Å². The number of carbonyl (C=O) groups excluding carboxylic acids is 1. The lowest BCUT2D eigenvalue weighted by Gasteiger charge is -2.38. The summed E-state index contributed by atoms with van der Waals surface area (Å²) in [6, 6.07) is -0.541. The van der Waals surface area contributed by atoms with Crippen LogP contribution in [0, 0.1) is 0 Å². The molecule has 0 spiro atoms. The molecule has 2 amide bonds. The molecule has 0 aliphatic carbocycles. The van der Waals surface area contributed by atoms with Crippen LogP contribution in [-0.4, -0.2) is 76.1 Å². The Hall–Kier alpha value is -1.67. The molecule has 7 nitrogen and oxygen atoms in total. The summed E-state index contributed by atoms with van der Waals surface area (Å²) in [6.45, 7) is 4.45. The van der Waals surface area contributed by atoms with Crippen molar-refractivity contribution in [2.45, 2.75) is 19.5 Å². The Morgan fingerprint density at radius 3 is 2.62 bits per heavy atom. The summed E-state index contributed by atoms with van der Waals surface area (Å²) in [5.41, 5.74) is 2.63. The molecule has 1 N–H and O–H groups in total. The van der Waals surface area contributed by atoms with Crippen LogP contribution < -0.4 is 0 Å². The number of carboxylic acids is 1. The molecule has 0 radical (unpaired) electrons. The molecule has 0 bridgehead atoms. The van der Waals surface area contributed by atoms with Crippen molar-refractivity contribution in [3.63, 3.8) is 0 Å². The lowest BCUT2D eigenvalue weighted by atomic mass is 10.2. The van der Waals surface area contributed by atoms with Crippen LogP contribution in [0.2, 0.25) is 0 Å². The Morgan fingerprint density at radius 2 is 2.10 bits per heavy atom. The highest BCUT2D eigenvalue weighted by Crippen LogP contribution is 2.11. The van der Waals surface area contributed by atoms with Crippen LogP contribution in [0.4, 0.5) is 4.79 Å². The van der Waals surface area contributed by atoms with Gasteiger partial charge in [-0.1, -0.05) is 0 Å². The second-order valence-electron chi connectivity index (χ2n) is 5.16. The highest BCUT2D eigenvalue weighted by Gasteiger charge is 2.28. The van der Waals surface area contributed by atoms with Gasteiger partial charge in [-0.05, 0) is 6.92 Å². The molecule has 1 atom stereocenters. The third kappa shape index (κ3) is 3.92. The molecule has 1 fully saturated rings. The number of urea groups is 1. The average Bonchev–Trinajstić information content (AvgIpc) is 2.98. The number of aliphatic carboxylic acids is 1. The summed E-state index contributed by atoms with van der Waals surface area (Å²) in [4.78, 5) is 32.7. The van der Waals surface area contributed by atoms with Crippen molar-refractivity contribution >= 4 is 23.3 Å². The molecule has 2 rings (SSSR count). The van der Waals surface area contributed by atoms with Gasteiger partial charge in [-0.2, -0.15) is 0 Å². The van der Waals surface area contributed by atoms with Crippen LogP contribution in [0.1, 0.15) is 12.6 Å². The van der Waals surface area contributed by atoms with Crippen LogP contribution in [-0.2, 0) is 11.3 Å². The fourth-order valence-corrected chi connectivity index (χ4v) is 2.87. The van der Waals surface area contributed by atoms with Gasteiger partial charge < -0.3 is 14.9 Å². The first kappa shape index (κ1) is 15.7. The smallest absolute Gasteiger partial charge is 0.320 e. The van der Waals surface area contributed by atoms with Crippen molar-refractivity contribution in [3.8, 4) is 0 Å². The Bertz CT molecular complexity index is 486. The maximum atomic E-state index is 12.3. The highest BCUT2D eigenvalue weighted by molar-refractivity contribution is 7.07. The van der Waals surface area contributed by atoms with Gasteiger partial charge in [0.1, 0.15) is 6.04 Å². The van der Waals surface area contributed by atoms with Crippen LogP contribution >= 0.6 is 11.3 Å². The van der Waals surface area contributed by atoms with Crippen molar-refractivity contribution < 1.29 is 14.7 Å². The first-order valence-electron chi connectivity index (χ1n) is 6.83. The second kappa shape index (κ2) is 6.86. The van der Waals surface area contributed by atoms with Crippen molar-refractivity contribution in [3.05, 3.63) is 16.6 Å². The third-order valence-electron chi connectivity index (χ3n) is 3.70. The van der Waals surface area contributed by atoms with Crippen molar-refractivity contribution in [1.29, 1.82) is 0 Å². The zero-order valence-electron chi connectivity index (χ0n) is 12.2. The van der Waals surface area contributed by atoms with E-state index in [0.29, 0.717) is 32.7 Å². The predicted octanol–water partition coefficient (Wildman–Crippen LogP) is 0.786. The molecule has 1 aliphatic heterocycles. The fourth-order valence-electron chi connectivity index (χ4n) is 2.32. The summed E-state index contributed by atoms with van der Waals surface area (Å²) in [6.07, 6.45) is 0. The molecule has 116 valence electrons. The zero-order valence-corrected chi connectivity index (χ0v) is 13.0. The number of rotatable bonds is 4. The van der Waals surface area contributed by atoms with E-state index >= 15 is 0 Å². The van der Waals surface area contributed by atoms with E-state index in [9.17, 15) is 9.59 Å². The normalized spacial score (nSPS) is 17.5. The number of thiazole rings is 1. The Balaban J connectivity index is 1.84. The molecule has 8 heteroatoms. The van der Waals surface area contributed by atoms with E-state index in [4.69, 9.17) is 5.11 Å². The molecule has 0 aromatic carbocycles. The lowest BCUT2D eigenvalue weighted by molar-refractivity contribution is -0.143. The monoisotopic (exact) mass is 312 g/mol. The van der Waals surface area contributed by atoms with Crippen LogP contribution in [0.3, 0.4) is 0 Å². The molecule has 21 heavy (non-hydrogen) atoms. The van der Waals surface area contributed by atoms with E-state index in [1.165, 1.54) is 11.3 Å². The lowest BCUT2D eigenvalue weighted by Crippen LogP contribution is -2.55. The topological polar surface area (TPSA) is 77.0 Å². The molecule has 1 aliphatic rings. The van der Waals surface area contributed by atoms with E-state index in [1.54, 1.807) is 29.3 Å². The minimum Gasteiger partial charge on any atom is -0.480 e. The number of aromatic nitrogens is 1. The minimum absolute atomic E-state index is 0.0365. The number of piperazine rings is 1. The summed E-state index contributed by atoms with van der Waals surface area (Å²) >= 11 is 1.51. The van der Waals surface area contributed by atoms with E-state index in [1.807, 2.05) is 10.3 Å². The number of carboxylic acid groups (broad SMARTS) is 1. The van der Waals surface area contributed by atoms with Crippen LogP contribution in [0.25, 0.3) is 0 Å². The number of hydrogen-bond donors (Lipinski definition) is 1. The van der Waals surface area contributed by atoms with Gasteiger partial charge in [-0.15, -0.1) is 11.3 Å². The third-order valence-corrected chi connectivity index (χ3v) is 4.33. The summed E-state index contributed by atoms with van der Waals surface area (Å²) in [7, 11) is 1.76. The molecule has 1 unspecified atom stereocenters. The van der Waals surface area contributed by atoms with Crippen molar-refractivity contribution in [2.75, 3.05) is 33.2 Å². The predicted molar refractivity (Wildman–Crippen MR) is 79.2 cm³/mol. The quantitative estimate of drug-likeness (QED) is 0.889. The summed E-state index contributed by atoms with van der Waals surface area (Å²) in [5, 5.41) is 10.9. The van der Waals surface area contributed by atoms with Gasteiger partial charge in [0.15, 0.2) is 0 Å². The molecule has 1 aromatic heterocycles. The van der Waals surface area contributed by atoms with Gasteiger partial charge >= 0.3 is 12.0 Å². The molecule has 2 heterocycles. The molecule has 1 aromatic rings. The van der Waals surface area contributed by atoms with Gasteiger partial charge in [0.2, 0.25) is 0 Å². The molecule has 0 saturated carbocycles. The van der Waals surface area contributed by atoms with E-state index < -0.39 is 12.0 Å². The SMILES string of the molecule is CC(C(=O)O)N1CCN(C(=O)N(C)Cc2cscn2)CC1. The first-order chi connectivity index (χ1) is 9.99. The van der Waals surface area contributed by atoms with Crippen molar-refractivity contribution in [2.24, 2.45) is 0 Å². The zero-order chi connectivity index (χ0) is 15.4. The van der Waals surface area contributed by atoms with Gasteiger partial charge in [0.25, 0.3) is 0 Å². The van der Waals surface area contributed by atoms with E-state index in [-0.39, 0.29) is 6.03 Å². The van der Waals surface area contributed by atoms with Gasteiger partial charge in [-0.25, -0.2) is 9.78 Å². The number of hydrogen-bond acceptors (Lipinski definition) is 5. The Morgan fingerprint density at radius 1 is 1.43 bits per heavy atom. The highest BCUT2D eigenvalue weighted by atomic mass is 32.1. The van der Waals surface area contributed by atoms with Crippen LogP contribution in [0.5, 0.6) is 0 Å². The Kier molecular flexibility index (Phi) is 5.13. The average molecular weight is 312 g/mol. The Labute approximate surface area is 127 Å². The largest absolute Gasteiger partial charge is 0.480 e. The molecule has 1 saturated heterocycles. The number of amides is 2. The maximum absolute atomic E-state index is 12.3. The van der Waals surface area contributed by atoms with Gasteiger partial charge in [0, 0.05) is 38.6 Å². The van der Waals surface area contributed by atoms with Crippen molar-refractivity contribution in [1.82, 2.24) is 19.7 Å². The van der Waals surface area contributed by atoms with E-state index in [0.717, 1.165) is 5.69 Å². The van der Waals surface area contributed by atoms with Crippen LogP contribution in [0.15, 0.2) is 10.9 Å². The summed E-state index contributed by atoms with van der Waals surface area (Å²) < 4.78 is 0. The molecular weight excluding hydrogens is 292 g/mol.